The summed E-state index contributed by atoms with van der Waals surface area (Å²) in [4.78, 5) is 8.63. The topological polar surface area (TPSA) is 101 Å². The maximum Gasteiger partial charge on any atom is 0.345 e. The van der Waals surface area contributed by atoms with Crippen molar-refractivity contribution in [2.24, 2.45) is 7.05 Å². The Balaban J connectivity index is 1.50. The lowest BCUT2D eigenvalue weighted by atomic mass is 10.0. The second kappa shape index (κ2) is 11.5. The molecular weight excluding hydrogens is 561 g/mol. The number of hydrogen-bond acceptors (Lipinski definition) is 7. The van der Waals surface area contributed by atoms with Gasteiger partial charge in [-0.25, -0.2) is 27.5 Å². The molecule has 1 unspecified atom stereocenters. The van der Waals surface area contributed by atoms with Crippen LogP contribution in [-0.4, -0.2) is 57.7 Å². The molecule has 5 rings (SSSR count). The normalized spacial score (nSPS) is 12.5. The largest absolute Gasteiger partial charge is 0.345 e. The van der Waals surface area contributed by atoms with E-state index >= 15 is 4.39 Å². The third-order valence-corrected chi connectivity index (χ3v) is 6.29. The average Bonchev–Trinajstić information content (AvgIpc) is 3.69. The van der Waals surface area contributed by atoms with Crippen molar-refractivity contribution in [3.63, 3.8) is 0 Å². The summed E-state index contributed by atoms with van der Waals surface area (Å²) in [6, 6.07) is 5.16. The molecule has 0 fully saturated rings. The van der Waals surface area contributed by atoms with Crippen LogP contribution in [0.5, 0.6) is 0 Å². The molecule has 0 amide bonds. The molecule has 40 heavy (non-hydrogen) atoms. The van der Waals surface area contributed by atoms with Gasteiger partial charge in [0.1, 0.15) is 12.0 Å². The van der Waals surface area contributed by atoms with Crippen molar-refractivity contribution >= 4 is 11.6 Å². The van der Waals surface area contributed by atoms with Crippen LogP contribution in [0.4, 0.5) is 22.0 Å². The summed E-state index contributed by atoms with van der Waals surface area (Å²) in [5.74, 6) is -0.269. The van der Waals surface area contributed by atoms with Crippen LogP contribution in [0.15, 0.2) is 55.4 Å². The predicted octanol–water partition coefficient (Wildman–Crippen LogP) is 5.27. The Morgan fingerprint density at radius 2 is 1.77 bits per heavy atom. The number of rotatable bonds is 10. The van der Waals surface area contributed by atoms with E-state index in [4.69, 9.17) is 11.6 Å². The first kappa shape index (κ1) is 27.3. The minimum atomic E-state index is -2.95. The van der Waals surface area contributed by atoms with Crippen LogP contribution in [0, 0.1) is 5.82 Å². The zero-order valence-corrected chi connectivity index (χ0v) is 21.3. The van der Waals surface area contributed by atoms with Crippen molar-refractivity contribution < 1.29 is 26.7 Å². The number of hydrogen-bond donors (Lipinski definition) is 0. The lowest BCUT2D eigenvalue weighted by Crippen LogP contribution is -2.16. The van der Waals surface area contributed by atoms with Crippen LogP contribution < -0.4 is 0 Å². The first-order valence-electron chi connectivity index (χ1n) is 11.7. The zero-order chi connectivity index (χ0) is 28.4. The number of ether oxygens (including phenoxy) is 1. The fourth-order valence-corrected chi connectivity index (χ4v) is 4.27. The SMILES string of the molecule is Cn1ncnc1-c1cnn(C(CCOC(F)F)c2ccc(-c3c(-n4cc(C(F)F)nn4)ccc(Cl)c3F)cn2)c1. The number of alkyl halides is 4. The molecule has 1 atom stereocenters. The highest BCUT2D eigenvalue weighted by Gasteiger charge is 2.22. The Morgan fingerprint density at radius 1 is 0.950 bits per heavy atom. The van der Waals surface area contributed by atoms with Crippen LogP contribution >= 0.6 is 11.6 Å². The average molecular weight is 580 g/mol. The number of aryl methyl sites for hydroxylation is 1. The van der Waals surface area contributed by atoms with Gasteiger partial charge in [-0.15, -0.1) is 5.10 Å². The number of benzene rings is 1. The molecule has 4 aromatic heterocycles. The van der Waals surface area contributed by atoms with Gasteiger partial charge in [-0.2, -0.15) is 19.0 Å². The van der Waals surface area contributed by atoms with E-state index in [-0.39, 0.29) is 34.9 Å². The maximum atomic E-state index is 15.3. The standard InChI is InChI=1S/C24H19ClF5N9O/c1-37-23(32-12-34-37)14-9-33-38(10-14)18(6-7-40-24(29)30)16-4-2-13(8-31-16)20-19(5-3-15(25)21(20)26)39-11-17(22(27)28)35-36-39/h2-5,8-12,18,22,24H,6-7H2,1H3. The molecule has 0 N–H and O–H groups in total. The molecule has 0 saturated heterocycles. The molecule has 0 spiro atoms. The van der Waals surface area contributed by atoms with E-state index in [1.54, 1.807) is 36.3 Å². The molecule has 16 heteroatoms. The molecular formula is C24H19ClF5N9O. The Labute approximate surface area is 228 Å². The monoisotopic (exact) mass is 579 g/mol. The maximum absolute atomic E-state index is 15.3. The van der Waals surface area contributed by atoms with Crippen LogP contribution in [-0.2, 0) is 11.8 Å². The molecule has 0 aliphatic rings. The summed E-state index contributed by atoms with van der Waals surface area (Å²) >= 11 is 6.02. The minimum absolute atomic E-state index is 0.0430. The summed E-state index contributed by atoms with van der Waals surface area (Å²) in [7, 11) is 1.71. The molecule has 0 aliphatic heterocycles. The van der Waals surface area contributed by atoms with Gasteiger partial charge in [0, 0.05) is 30.6 Å². The highest BCUT2D eigenvalue weighted by molar-refractivity contribution is 6.31. The quantitative estimate of drug-likeness (QED) is 0.208. The van der Waals surface area contributed by atoms with Gasteiger partial charge < -0.3 is 4.74 Å². The van der Waals surface area contributed by atoms with Crippen LogP contribution in [0.3, 0.4) is 0 Å². The number of nitrogens with zero attached hydrogens (tertiary/aromatic N) is 9. The van der Waals surface area contributed by atoms with Gasteiger partial charge in [0.25, 0.3) is 6.43 Å². The van der Waals surface area contributed by atoms with Gasteiger partial charge in [-0.3, -0.25) is 9.67 Å². The van der Waals surface area contributed by atoms with E-state index in [2.05, 4.69) is 35.2 Å². The van der Waals surface area contributed by atoms with Crippen molar-refractivity contribution in [1.82, 2.24) is 44.5 Å². The van der Waals surface area contributed by atoms with E-state index in [0.717, 1.165) is 10.9 Å². The Bertz CT molecular complexity index is 1600. The summed E-state index contributed by atoms with van der Waals surface area (Å²) in [6.07, 6.45) is 4.18. The van der Waals surface area contributed by atoms with E-state index in [1.165, 1.54) is 29.3 Å². The molecule has 10 nitrogen and oxygen atoms in total. The van der Waals surface area contributed by atoms with E-state index < -0.39 is 30.6 Å². The molecule has 0 saturated carbocycles. The van der Waals surface area contributed by atoms with Crippen LogP contribution in [0.1, 0.15) is 30.3 Å². The van der Waals surface area contributed by atoms with Crippen molar-refractivity contribution in [2.45, 2.75) is 25.5 Å². The lowest BCUT2D eigenvalue weighted by Gasteiger charge is -2.18. The first-order valence-corrected chi connectivity index (χ1v) is 12.0. The molecule has 208 valence electrons. The zero-order valence-electron chi connectivity index (χ0n) is 20.5. The van der Waals surface area contributed by atoms with Crippen molar-refractivity contribution in [1.29, 1.82) is 0 Å². The number of aromatic nitrogens is 9. The predicted molar refractivity (Wildman–Crippen MR) is 131 cm³/mol. The number of halogens is 6. The van der Waals surface area contributed by atoms with Crippen molar-refractivity contribution in [3.8, 4) is 28.2 Å². The fourth-order valence-electron chi connectivity index (χ4n) is 4.12. The van der Waals surface area contributed by atoms with Crippen LogP contribution in [0.25, 0.3) is 28.2 Å². The van der Waals surface area contributed by atoms with Gasteiger partial charge in [0.15, 0.2) is 11.6 Å². The summed E-state index contributed by atoms with van der Waals surface area (Å²) < 4.78 is 75.3. The molecule has 4 heterocycles. The first-order chi connectivity index (χ1) is 19.2. The summed E-state index contributed by atoms with van der Waals surface area (Å²) in [5, 5.41) is 15.3. The van der Waals surface area contributed by atoms with Gasteiger partial charge in [0.2, 0.25) is 0 Å². The van der Waals surface area contributed by atoms with Crippen molar-refractivity contribution in [3.05, 3.63) is 77.6 Å². The van der Waals surface area contributed by atoms with E-state index in [1.807, 2.05) is 0 Å². The minimum Gasteiger partial charge on any atom is -0.323 e. The second-order valence-electron chi connectivity index (χ2n) is 8.47. The number of pyridine rings is 1. The molecule has 1 aromatic carbocycles. The smallest absolute Gasteiger partial charge is 0.323 e. The lowest BCUT2D eigenvalue weighted by molar-refractivity contribution is -0.130. The van der Waals surface area contributed by atoms with Gasteiger partial charge in [0.05, 0.1) is 47.0 Å². The Morgan fingerprint density at radius 3 is 2.42 bits per heavy atom. The van der Waals surface area contributed by atoms with E-state index in [0.29, 0.717) is 17.1 Å². The molecule has 5 aromatic rings. The van der Waals surface area contributed by atoms with Crippen molar-refractivity contribution in [2.75, 3.05) is 6.61 Å². The van der Waals surface area contributed by atoms with Gasteiger partial charge in [-0.1, -0.05) is 22.9 Å². The summed E-state index contributed by atoms with van der Waals surface area (Å²) in [5.41, 5.74) is 0.799. The fraction of sp³-hybridized carbons (Fsp3) is 0.250. The highest BCUT2D eigenvalue weighted by atomic mass is 35.5. The Hall–Kier alpha value is -4.24. The second-order valence-corrected chi connectivity index (χ2v) is 8.88. The van der Waals surface area contributed by atoms with Gasteiger partial charge in [-0.05, 0) is 24.6 Å². The third-order valence-electron chi connectivity index (χ3n) is 6.00. The Kier molecular flexibility index (Phi) is 7.84. The van der Waals surface area contributed by atoms with Gasteiger partial charge >= 0.3 is 6.61 Å². The van der Waals surface area contributed by atoms with E-state index in [9.17, 15) is 17.6 Å². The van der Waals surface area contributed by atoms with Crippen LogP contribution in [0.2, 0.25) is 5.02 Å². The highest BCUT2D eigenvalue weighted by Crippen LogP contribution is 2.34. The third kappa shape index (κ3) is 5.56. The molecule has 0 radical (unpaired) electrons. The molecule has 0 bridgehead atoms. The summed E-state index contributed by atoms with van der Waals surface area (Å²) in [6.45, 7) is -3.24. The molecule has 0 aliphatic carbocycles.